The first-order chi connectivity index (χ1) is 14.5. The number of benzene rings is 3. The number of rotatable bonds is 8. The fourth-order valence-corrected chi connectivity index (χ4v) is 2.99. The zero-order valence-corrected chi connectivity index (χ0v) is 17.2. The van der Waals surface area contributed by atoms with Crippen molar-refractivity contribution in [1.29, 1.82) is 0 Å². The predicted molar refractivity (Wildman–Crippen MR) is 118 cm³/mol. The molecule has 0 atom stereocenters. The van der Waals surface area contributed by atoms with Crippen LogP contribution in [-0.4, -0.2) is 12.0 Å². The maximum atomic E-state index is 14.0. The lowest BCUT2D eigenvalue weighted by Gasteiger charge is -2.13. The molecule has 2 nitrogen and oxygen atoms in total. The molecule has 30 heavy (non-hydrogen) atoms. The van der Waals surface area contributed by atoms with E-state index in [0.717, 1.165) is 11.3 Å². The van der Waals surface area contributed by atoms with Crippen LogP contribution in [0.15, 0.2) is 91.0 Å². The third-order valence-electron chi connectivity index (χ3n) is 4.17. The summed E-state index contributed by atoms with van der Waals surface area (Å²) in [5.41, 5.74) is 0.841. The lowest BCUT2D eigenvalue weighted by molar-refractivity contribution is 0.164. The SMILES string of the molecule is CCOc1ccc(/C(=C\C=C/c2cccc(Oc3ccccc3)c2)C(F)(F)Cl)cc1. The van der Waals surface area contributed by atoms with Crippen molar-refractivity contribution in [2.75, 3.05) is 6.61 Å². The Bertz CT molecular complexity index is 1010. The highest BCUT2D eigenvalue weighted by molar-refractivity contribution is 6.27. The molecule has 154 valence electrons. The van der Waals surface area contributed by atoms with Gasteiger partial charge in [-0.3, -0.25) is 0 Å². The number of alkyl halides is 3. The summed E-state index contributed by atoms with van der Waals surface area (Å²) < 4.78 is 39.1. The first-order valence-electron chi connectivity index (χ1n) is 9.47. The van der Waals surface area contributed by atoms with Crippen LogP contribution >= 0.6 is 11.6 Å². The maximum Gasteiger partial charge on any atom is 0.348 e. The van der Waals surface area contributed by atoms with E-state index in [1.54, 1.807) is 36.4 Å². The number of ether oxygens (including phenoxy) is 2. The second-order valence-corrected chi connectivity index (χ2v) is 6.86. The highest BCUT2D eigenvalue weighted by atomic mass is 35.5. The number of allylic oxidation sites excluding steroid dienone is 3. The smallest absolute Gasteiger partial charge is 0.348 e. The first kappa shape index (κ1) is 21.6. The van der Waals surface area contributed by atoms with E-state index in [0.29, 0.717) is 23.7 Å². The standard InChI is InChI=1S/C25H21ClF2O2/c1-2-29-21-16-14-20(15-17-21)24(25(26,27)28)13-7-9-19-8-6-12-23(18-19)30-22-10-4-3-5-11-22/h3-18H,2H2,1H3/b9-7-,24-13+. The average molecular weight is 427 g/mol. The highest BCUT2D eigenvalue weighted by Crippen LogP contribution is 2.36. The molecule has 0 aliphatic carbocycles. The quantitative estimate of drug-likeness (QED) is 0.270. The Morgan fingerprint density at radius 1 is 0.900 bits per heavy atom. The second kappa shape index (κ2) is 10.1. The number of para-hydroxylation sites is 1. The van der Waals surface area contributed by atoms with Crippen molar-refractivity contribution in [2.45, 2.75) is 12.3 Å². The molecular weight excluding hydrogens is 406 g/mol. The fourth-order valence-electron chi connectivity index (χ4n) is 2.81. The van der Waals surface area contributed by atoms with E-state index in [1.807, 2.05) is 61.5 Å². The molecule has 0 unspecified atom stereocenters. The topological polar surface area (TPSA) is 18.5 Å². The summed E-state index contributed by atoms with van der Waals surface area (Å²) in [7, 11) is 0. The van der Waals surface area contributed by atoms with Crippen molar-refractivity contribution < 1.29 is 18.3 Å². The van der Waals surface area contributed by atoms with Gasteiger partial charge in [0.05, 0.1) is 6.61 Å². The van der Waals surface area contributed by atoms with Crippen LogP contribution in [0.5, 0.6) is 17.2 Å². The minimum absolute atomic E-state index is 0.292. The van der Waals surface area contributed by atoms with Gasteiger partial charge in [0.15, 0.2) is 0 Å². The van der Waals surface area contributed by atoms with Crippen LogP contribution in [0.3, 0.4) is 0 Å². The van der Waals surface area contributed by atoms with Crippen molar-refractivity contribution in [3.05, 3.63) is 102 Å². The van der Waals surface area contributed by atoms with Crippen LogP contribution in [0, 0.1) is 0 Å². The Morgan fingerprint density at radius 2 is 1.60 bits per heavy atom. The third kappa shape index (κ3) is 6.19. The molecule has 3 aromatic rings. The minimum atomic E-state index is -3.50. The molecule has 0 saturated carbocycles. The minimum Gasteiger partial charge on any atom is -0.494 e. The Labute approximate surface area is 180 Å². The van der Waals surface area contributed by atoms with E-state index in [4.69, 9.17) is 21.1 Å². The summed E-state index contributed by atoms with van der Waals surface area (Å²) in [6.45, 7) is 2.36. The van der Waals surface area contributed by atoms with Crippen LogP contribution in [0.1, 0.15) is 18.1 Å². The van der Waals surface area contributed by atoms with Gasteiger partial charge in [-0.25, -0.2) is 0 Å². The Kier molecular flexibility index (Phi) is 7.26. The van der Waals surface area contributed by atoms with Crippen molar-refractivity contribution in [3.8, 4) is 17.2 Å². The number of halogens is 3. The summed E-state index contributed by atoms with van der Waals surface area (Å²) in [5.74, 6) is 1.99. The lowest BCUT2D eigenvalue weighted by Crippen LogP contribution is -2.09. The molecule has 0 fully saturated rings. The molecule has 3 rings (SSSR count). The van der Waals surface area contributed by atoms with Gasteiger partial charge in [0, 0.05) is 5.57 Å². The molecule has 0 aromatic heterocycles. The predicted octanol–water partition coefficient (Wildman–Crippen LogP) is 7.81. The van der Waals surface area contributed by atoms with Gasteiger partial charge in [-0.1, -0.05) is 60.7 Å². The molecule has 0 bridgehead atoms. The van der Waals surface area contributed by atoms with Crippen LogP contribution in [0.25, 0.3) is 11.6 Å². The Balaban J connectivity index is 1.79. The summed E-state index contributed by atoms with van der Waals surface area (Å²) in [5, 5.41) is -3.50. The molecule has 0 N–H and O–H groups in total. The third-order valence-corrected chi connectivity index (χ3v) is 4.37. The van der Waals surface area contributed by atoms with Gasteiger partial charge in [0.1, 0.15) is 17.2 Å². The molecule has 0 aliphatic heterocycles. The molecule has 0 radical (unpaired) electrons. The van der Waals surface area contributed by atoms with E-state index < -0.39 is 5.38 Å². The van der Waals surface area contributed by atoms with E-state index >= 15 is 0 Å². The summed E-state index contributed by atoms with van der Waals surface area (Å²) in [6, 6.07) is 23.2. The van der Waals surface area contributed by atoms with Gasteiger partial charge in [-0.15, -0.1) is 0 Å². The van der Waals surface area contributed by atoms with Crippen molar-refractivity contribution in [2.24, 2.45) is 0 Å². The maximum absolute atomic E-state index is 14.0. The largest absolute Gasteiger partial charge is 0.494 e. The summed E-state index contributed by atoms with van der Waals surface area (Å²) in [4.78, 5) is 0. The number of hydrogen-bond donors (Lipinski definition) is 0. The lowest BCUT2D eigenvalue weighted by atomic mass is 10.0. The van der Waals surface area contributed by atoms with E-state index in [-0.39, 0.29) is 5.57 Å². The molecule has 0 saturated heterocycles. The normalized spacial score (nSPS) is 12.2. The zero-order valence-electron chi connectivity index (χ0n) is 16.4. The first-order valence-corrected chi connectivity index (χ1v) is 9.85. The molecule has 3 aromatic carbocycles. The van der Waals surface area contributed by atoms with E-state index in [2.05, 4.69) is 0 Å². The second-order valence-electron chi connectivity index (χ2n) is 6.38. The van der Waals surface area contributed by atoms with Crippen molar-refractivity contribution in [3.63, 3.8) is 0 Å². The van der Waals surface area contributed by atoms with Crippen molar-refractivity contribution >= 4 is 23.3 Å². The Morgan fingerprint density at radius 3 is 2.27 bits per heavy atom. The monoisotopic (exact) mass is 426 g/mol. The van der Waals surface area contributed by atoms with Gasteiger partial charge >= 0.3 is 5.38 Å². The molecule has 0 aliphatic rings. The van der Waals surface area contributed by atoms with Gasteiger partial charge in [0.25, 0.3) is 0 Å². The van der Waals surface area contributed by atoms with E-state index in [9.17, 15) is 8.78 Å². The molecule has 0 spiro atoms. The fraction of sp³-hybridized carbons (Fsp3) is 0.120. The average Bonchev–Trinajstić information content (AvgIpc) is 2.72. The highest BCUT2D eigenvalue weighted by Gasteiger charge is 2.31. The molecular formula is C25H21ClF2O2. The summed E-state index contributed by atoms with van der Waals surface area (Å²) in [6.07, 6.45) is 4.58. The Hall–Kier alpha value is -3.11. The van der Waals surface area contributed by atoms with Gasteiger partial charge < -0.3 is 9.47 Å². The molecule has 5 heteroatoms. The molecule has 0 amide bonds. The van der Waals surface area contributed by atoms with Crippen LogP contribution in [0.2, 0.25) is 0 Å². The zero-order chi connectivity index (χ0) is 21.4. The van der Waals surface area contributed by atoms with Crippen molar-refractivity contribution in [1.82, 2.24) is 0 Å². The van der Waals surface area contributed by atoms with Crippen LogP contribution in [-0.2, 0) is 0 Å². The molecule has 0 heterocycles. The number of hydrogen-bond acceptors (Lipinski definition) is 2. The summed E-state index contributed by atoms with van der Waals surface area (Å²) >= 11 is 5.35. The van der Waals surface area contributed by atoms with Gasteiger partial charge in [-0.2, -0.15) is 8.78 Å². The van der Waals surface area contributed by atoms with Crippen LogP contribution < -0.4 is 9.47 Å². The van der Waals surface area contributed by atoms with Gasteiger partial charge in [0.2, 0.25) is 0 Å². The van der Waals surface area contributed by atoms with Gasteiger partial charge in [-0.05, 0) is 66.0 Å². The van der Waals surface area contributed by atoms with Crippen LogP contribution in [0.4, 0.5) is 8.78 Å². The van der Waals surface area contributed by atoms with E-state index in [1.165, 1.54) is 6.08 Å².